The first-order chi connectivity index (χ1) is 10.4. The molecule has 102 valence electrons. The molecule has 0 N–H and O–H groups in total. The van der Waals surface area contributed by atoms with E-state index in [0.29, 0.717) is 18.2 Å². The minimum absolute atomic E-state index is 0.486. The van der Waals surface area contributed by atoms with Crippen molar-refractivity contribution in [2.24, 2.45) is 0 Å². The van der Waals surface area contributed by atoms with Crippen LogP contribution in [-0.2, 0) is 0 Å². The summed E-state index contributed by atoms with van der Waals surface area (Å²) < 4.78 is 5.56. The molecule has 0 aliphatic rings. The lowest BCUT2D eigenvalue weighted by Crippen LogP contribution is -2.00. The van der Waals surface area contributed by atoms with Gasteiger partial charge in [-0.15, -0.1) is 0 Å². The summed E-state index contributed by atoms with van der Waals surface area (Å²) in [6.07, 6.45) is 0. The molecule has 2 aromatic carbocycles. The van der Waals surface area contributed by atoms with Gasteiger partial charge in [0, 0.05) is 5.56 Å². The number of aromatic nitrogens is 2. The summed E-state index contributed by atoms with van der Waals surface area (Å²) >= 11 is 0. The van der Waals surface area contributed by atoms with Crippen LogP contribution in [0.25, 0.3) is 11.0 Å². The molecule has 0 fully saturated rings. The van der Waals surface area contributed by atoms with Gasteiger partial charge in [0.05, 0.1) is 17.6 Å². The molecule has 3 rings (SSSR count). The number of hydrogen-bond acceptors (Lipinski definition) is 3. The van der Waals surface area contributed by atoms with Crippen molar-refractivity contribution in [1.82, 2.24) is 9.97 Å². The van der Waals surface area contributed by atoms with E-state index in [4.69, 9.17) is 4.74 Å². The van der Waals surface area contributed by atoms with Crippen molar-refractivity contribution in [2.75, 3.05) is 6.61 Å². The van der Waals surface area contributed by atoms with Gasteiger partial charge in [-0.1, -0.05) is 36.3 Å². The van der Waals surface area contributed by atoms with Crippen LogP contribution in [0.2, 0.25) is 0 Å². The Hall–Kier alpha value is -2.86. The van der Waals surface area contributed by atoms with Crippen LogP contribution in [0.5, 0.6) is 5.88 Å². The van der Waals surface area contributed by atoms with E-state index in [9.17, 15) is 0 Å². The third kappa shape index (κ3) is 3.01. The van der Waals surface area contributed by atoms with Gasteiger partial charge in [0.15, 0.2) is 5.69 Å². The van der Waals surface area contributed by atoms with Gasteiger partial charge in [-0.3, -0.25) is 0 Å². The molecular weight excluding hydrogens is 260 g/mol. The normalized spacial score (nSPS) is 9.95. The fourth-order valence-electron chi connectivity index (χ4n) is 1.96. The summed E-state index contributed by atoms with van der Waals surface area (Å²) in [7, 11) is 0. The molecule has 0 unspecified atom stereocenters. The minimum atomic E-state index is 0.486. The molecule has 0 spiro atoms. The molecule has 3 aromatic rings. The fraction of sp³-hybridized carbons (Fsp3) is 0.111. The zero-order chi connectivity index (χ0) is 14.5. The van der Waals surface area contributed by atoms with E-state index < -0.39 is 0 Å². The van der Waals surface area contributed by atoms with E-state index in [1.54, 1.807) is 0 Å². The Kier molecular flexibility index (Phi) is 3.79. The topological polar surface area (TPSA) is 35.0 Å². The first kappa shape index (κ1) is 13.1. The van der Waals surface area contributed by atoms with Crippen LogP contribution in [0.1, 0.15) is 18.2 Å². The van der Waals surface area contributed by atoms with Crippen LogP contribution >= 0.6 is 0 Å². The maximum atomic E-state index is 5.56. The molecule has 0 saturated carbocycles. The monoisotopic (exact) mass is 274 g/mol. The lowest BCUT2D eigenvalue weighted by Gasteiger charge is -2.05. The first-order valence-electron chi connectivity index (χ1n) is 6.83. The lowest BCUT2D eigenvalue weighted by atomic mass is 10.2. The highest BCUT2D eigenvalue weighted by Gasteiger charge is 2.07. The Labute approximate surface area is 123 Å². The molecule has 3 heteroatoms. The van der Waals surface area contributed by atoms with Gasteiger partial charge in [0.25, 0.3) is 0 Å². The number of para-hydroxylation sites is 2. The number of benzene rings is 2. The van der Waals surface area contributed by atoms with Crippen LogP contribution in [-0.4, -0.2) is 16.6 Å². The highest BCUT2D eigenvalue weighted by molar-refractivity contribution is 5.75. The average Bonchev–Trinajstić information content (AvgIpc) is 2.54. The average molecular weight is 274 g/mol. The van der Waals surface area contributed by atoms with Crippen LogP contribution in [0.4, 0.5) is 0 Å². The van der Waals surface area contributed by atoms with E-state index >= 15 is 0 Å². The van der Waals surface area contributed by atoms with Gasteiger partial charge < -0.3 is 4.74 Å². The van der Waals surface area contributed by atoms with Gasteiger partial charge in [-0.2, -0.15) is 0 Å². The molecule has 0 amide bonds. The van der Waals surface area contributed by atoms with Gasteiger partial charge >= 0.3 is 0 Å². The summed E-state index contributed by atoms with van der Waals surface area (Å²) in [5.41, 5.74) is 3.14. The molecule has 1 aromatic heterocycles. The van der Waals surface area contributed by atoms with Crippen molar-refractivity contribution in [3.8, 4) is 17.7 Å². The molecular formula is C18H14N2O. The van der Waals surface area contributed by atoms with Crippen molar-refractivity contribution in [3.63, 3.8) is 0 Å². The Balaban J connectivity index is 2.08. The third-order valence-corrected chi connectivity index (χ3v) is 2.92. The van der Waals surface area contributed by atoms with Gasteiger partial charge in [-0.05, 0) is 37.1 Å². The molecule has 21 heavy (non-hydrogen) atoms. The summed E-state index contributed by atoms with van der Waals surface area (Å²) in [5, 5.41) is 0. The predicted molar refractivity (Wildman–Crippen MR) is 83.1 cm³/mol. The molecule has 1 heterocycles. The molecule has 0 bridgehead atoms. The highest BCUT2D eigenvalue weighted by Crippen LogP contribution is 2.18. The Morgan fingerprint density at radius 1 is 0.857 bits per heavy atom. The number of nitrogens with zero attached hydrogens (tertiary/aromatic N) is 2. The van der Waals surface area contributed by atoms with Crippen LogP contribution in [0.3, 0.4) is 0 Å². The van der Waals surface area contributed by atoms with Crippen LogP contribution in [0.15, 0.2) is 54.6 Å². The van der Waals surface area contributed by atoms with E-state index in [-0.39, 0.29) is 0 Å². The van der Waals surface area contributed by atoms with Crippen LogP contribution in [0, 0.1) is 11.8 Å². The molecule has 0 aliphatic heterocycles. The second-order valence-electron chi connectivity index (χ2n) is 4.42. The highest BCUT2D eigenvalue weighted by atomic mass is 16.5. The van der Waals surface area contributed by atoms with Crippen molar-refractivity contribution in [3.05, 3.63) is 65.9 Å². The van der Waals surface area contributed by atoms with Gasteiger partial charge in [0.1, 0.15) is 0 Å². The maximum Gasteiger partial charge on any atom is 0.249 e. The van der Waals surface area contributed by atoms with Crippen molar-refractivity contribution in [1.29, 1.82) is 0 Å². The largest absolute Gasteiger partial charge is 0.476 e. The van der Waals surface area contributed by atoms with Crippen molar-refractivity contribution >= 4 is 11.0 Å². The molecule has 0 saturated heterocycles. The number of ether oxygens (including phenoxy) is 1. The lowest BCUT2D eigenvalue weighted by molar-refractivity contribution is 0.325. The maximum absolute atomic E-state index is 5.56. The molecule has 0 aliphatic carbocycles. The number of hydrogen-bond donors (Lipinski definition) is 0. The summed E-state index contributed by atoms with van der Waals surface area (Å²) in [4.78, 5) is 9.04. The van der Waals surface area contributed by atoms with Crippen molar-refractivity contribution in [2.45, 2.75) is 6.92 Å². The van der Waals surface area contributed by atoms with E-state index in [0.717, 1.165) is 16.6 Å². The van der Waals surface area contributed by atoms with E-state index in [1.165, 1.54) is 0 Å². The predicted octanol–water partition coefficient (Wildman–Crippen LogP) is 3.43. The summed E-state index contributed by atoms with van der Waals surface area (Å²) in [6, 6.07) is 17.5. The number of fused-ring (bicyclic) bond motifs is 1. The van der Waals surface area contributed by atoms with Crippen LogP contribution < -0.4 is 4.74 Å². The zero-order valence-corrected chi connectivity index (χ0v) is 11.7. The Morgan fingerprint density at radius 3 is 2.24 bits per heavy atom. The first-order valence-corrected chi connectivity index (χ1v) is 6.83. The second-order valence-corrected chi connectivity index (χ2v) is 4.42. The van der Waals surface area contributed by atoms with Gasteiger partial charge in [0.2, 0.25) is 5.88 Å². The SMILES string of the molecule is CCOc1nc2ccccc2nc1C#Cc1ccccc1. The van der Waals surface area contributed by atoms with Gasteiger partial charge in [-0.25, -0.2) is 9.97 Å². The second kappa shape index (κ2) is 6.06. The zero-order valence-electron chi connectivity index (χ0n) is 11.7. The number of rotatable bonds is 2. The molecule has 0 radical (unpaired) electrons. The van der Waals surface area contributed by atoms with Crippen molar-refractivity contribution < 1.29 is 4.74 Å². The summed E-state index contributed by atoms with van der Waals surface area (Å²) in [6.45, 7) is 2.46. The quantitative estimate of drug-likeness (QED) is 0.672. The molecule has 0 atom stereocenters. The minimum Gasteiger partial charge on any atom is -0.476 e. The molecule has 3 nitrogen and oxygen atoms in total. The standard InChI is InChI=1S/C18H14N2O/c1-2-21-18-17(13-12-14-8-4-3-5-9-14)19-15-10-6-7-11-16(15)20-18/h3-11H,2H2,1H3. The van der Waals surface area contributed by atoms with E-state index in [1.807, 2.05) is 61.5 Å². The Bertz CT molecular complexity index is 817. The van der Waals surface area contributed by atoms with E-state index in [2.05, 4.69) is 21.8 Å². The third-order valence-electron chi connectivity index (χ3n) is 2.92. The summed E-state index contributed by atoms with van der Waals surface area (Å²) in [5.74, 6) is 6.64. The fourth-order valence-corrected chi connectivity index (χ4v) is 1.96. The Morgan fingerprint density at radius 2 is 1.52 bits per heavy atom. The smallest absolute Gasteiger partial charge is 0.249 e.